The van der Waals surface area contributed by atoms with Gasteiger partial charge in [0.1, 0.15) is 0 Å². The van der Waals surface area contributed by atoms with Crippen molar-refractivity contribution in [1.82, 2.24) is 4.90 Å². The summed E-state index contributed by atoms with van der Waals surface area (Å²) in [5.41, 5.74) is 8.04. The minimum absolute atomic E-state index is 0.0108. The number of nitrogens with zero attached hydrogens (tertiary/aromatic N) is 1. The van der Waals surface area contributed by atoms with Crippen LogP contribution in [0.25, 0.3) is 0 Å². The van der Waals surface area contributed by atoms with Crippen LogP contribution < -0.4 is 5.73 Å². The fourth-order valence-electron chi connectivity index (χ4n) is 2.46. The summed E-state index contributed by atoms with van der Waals surface area (Å²) in [6, 6.07) is 5.53. The highest BCUT2D eigenvalue weighted by atomic mass is 16.3. The zero-order valence-corrected chi connectivity index (χ0v) is 10.7. The van der Waals surface area contributed by atoms with Gasteiger partial charge < -0.3 is 15.7 Å². The number of carbonyl (C=O) groups excluding carboxylic acids is 1. The molecule has 0 aliphatic carbocycles. The van der Waals surface area contributed by atoms with Crippen LogP contribution in [-0.4, -0.2) is 35.6 Å². The summed E-state index contributed by atoms with van der Waals surface area (Å²) in [7, 11) is 0. The van der Waals surface area contributed by atoms with E-state index in [1.54, 1.807) is 6.07 Å². The van der Waals surface area contributed by atoms with Crippen LogP contribution >= 0.6 is 0 Å². The lowest BCUT2D eigenvalue weighted by Crippen LogP contribution is -2.29. The predicted octanol–water partition coefficient (Wildman–Crippen LogP) is 1.42. The van der Waals surface area contributed by atoms with E-state index in [4.69, 9.17) is 10.8 Å². The second-order valence-electron chi connectivity index (χ2n) is 5.01. The van der Waals surface area contributed by atoms with E-state index in [-0.39, 0.29) is 12.5 Å². The van der Waals surface area contributed by atoms with Crippen molar-refractivity contribution < 1.29 is 9.90 Å². The summed E-state index contributed by atoms with van der Waals surface area (Å²) in [5, 5.41) is 8.93. The highest BCUT2D eigenvalue weighted by Crippen LogP contribution is 2.23. The molecule has 4 heteroatoms. The molecule has 0 radical (unpaired) electrons. The van der Waals surface area contributed by atoms with Crippen molar-refractivity contribution in [2.45, 2.75) is 19.8 Å². The lowest BCUT2D eigenvalue weighted by atomic mass is 10.1. The lowest BCUT2D eigenvalue weighted by molar-refractivity contribution is 0.0785. The number of amides is 1. The number of hydrogen-bond donors (Lipinski definition) is 2. The first-order chi connectivity index (χ1) is 8.61. The topological polar surface area (TPSA) is 66.6 Å². The van der Waals surface area contributed by atoms with Gasteiger partial charge in [-0.3, -0.25) is 4.79 Å². The van der Waals surface area contributed by atoms with Crippen molar-refractivity contribution >= 4 is 11.6 Å². The molecule has 0 spiro atoms. The van der Waals surface area contributed by atoms with Crippen LogP contribution in [0.1, 0.15) is 28.8 Å². The number of nitrogen functional groups attached to an aromatic ring is 1. The van der Waals surface area contributed by atoms with Gasteiger partial charge in [0.05, 0.1) is 5.56 Å². The molecular formula is C14H20N2O2. The maximum absolute atomic E-state index is 12.4. The predicted molar refractivity (Wildman–Crippen MR) is 71.3 cm³/mol. The number of nitrogens with two attached hydrogens (primary N) is 1. The van der Waals surface area contributed by atoms with Gasteiger partial charge in [-0.25, -0.2) is 0 Å². The molecule has 4 nitrogen and oxygen atoms in total. The largest absolute Gasteiger partial charge is 0.398 e. The van der Waals surface area contributed by atoms with Gasteiger partial charge in [-0.05, 0) is 37.8 Å². The van der Waals surface area contributed by atoms with Crippen LogP contribution in [0.4, 0.5) is 5.69 Å². The first-order valence-corrected chi connectivity index (χ1v) is 6.38. The molecular weight excluding hydrogens is 228 g/mol. The molecule has 1 unspecified atom stereocenters. The Bertz CT molecular complexity index is 445. The second kappa shape index (κ2) is 5.40. The third-order valence-corrected chi connectivity index (χ3v) is 3.55. The standard InChI is InChI=1S/C14H20N2O2/c1-10-2-3-13(15)12(8-10)14(18)16-6-4-11(9-16)5-7-17/h2-3,8,11,17H,4-7,9,15H2,1H3. The Kier molecular flexibility index (Phi) is 3.87. The molecule has 1 saturated heterocycles. The first-order valence-electron chi connectivity index (χ1n) is 6.38. The Morgan fingerprint density at radius 2 is 2.33 bits per heavy atom. The van der Waals surface area contributed by atoms with Crippen LogP contribution in [0.2, 0.25) is 0 Å². The van der Waals surface area contributed by atoms with Crippen molar-refractivity contribution in [3.63, 3.8) is 0 Å². The number of aliphatic hydroxyl groups excluding tert-OH is 1. The number of likely N-dealkylation sites (tertiary alicyclic amines) is 1. The molecule has 1 aromatic rings. The summed E-state index contributed by atoms with van der Waals surface area (Å²) in [4.78, 5) is 14.2. The SMILES string of the molecule is Cc1ccc(N)c(C(=O)N2CCC(CCO)C2)c1. The van der Waals surface area contributed by atoms with Gasteiger partial charge in [0.2, 0.25) is 0 Å². The van der Waals surface area contributed by atoms with E-state index in [9.17, 15) is 4.79 Å². The molecule has 2 rings (SSSR count). The van der Waals surface area contributed by atoms with Crippen molar-refractivity contribution in [3.8, 4) is 0 Å². The minimum atomic E-state index is 0.0108. The van der Waals surface area contributed by atoms with Crippen LogP contribution in [0, 0.1) is 12.8 Å². The van der Waals surface area contributed by atoms with Gasteiger partial charge in [-0.15, -0.1) is 0 Å². The number of carbonyl (C=O) groups is 1. The third kappa shape index (κ3) is 2.64. The molecule has 0 saturated carbocycles. The summed E-state index contributed by atoms with van der Waals surface area (Å²) < 4.78 is 0. The van der Waals surface area contributed by atoms with E-state index in [2.05, 4.69) is 0 Å². The molecule has 1 heterocycles. The van der Waals surface area contributed by atoms with E-state index in [0.717, 1.165) is 31.5 Å². The summed E-state index contributed by atoms with van der Waals surface area (Å²) in [6.07, 6.45) is 1.74. The Balaban J connectivity index is 2.10. The van der Waals surface area contributed by atoms with E-state index in [1.165, 1.54) is 0 Å². The third-order valence-electron chi connectivity index (χ3n) is 3.55. The summed E-state index contributed by atoms with van der Waals surface area (Å²) in [6.45, 7) is 3.64. The van der Waals surface area contributed by atoms with E-state index in [1.807, 2.05) is 24.0 Å². The zero-order chi connectivity index (χ0) is 13.1. The van der Waals surface area contributed by atoms with Crippen LogP contribution in [-0.2, 0) is 0 Å². The van der Waals surface area contributed by atoms with Gasteiger partial charge in [0.15, 0.2) is 0 Å². The fourth-order valence-corrected chi connectivity index (χ4v) is 2.46. The van der Waals surface area contributed by atoms with Gasteiger partial charge in [0.25, 0.3) is 5.91 Å². The monoisotopic (exact) mass is 248 g/mol. The molecule has 1 fully saturated rings. The van der Waals surface area contributed by atoms with Gasteiger partial charge in [0, 0.05) is 25.4 Å². The molecule has 1 aromatic carbocycles. The lowest BCUT2D eigenvalue weighted by Gasteiger charge is -2.18. The van der Waals surface area contributed by atoms with E-state index >= 15 is 0 Å². The summed E-state index contributed by atoms with van der Waals surface area (Å²) >= 11 is 0. The Labute approximate surface area is 107 Å². The Morgan fingerprint density at radius 3 is 3.06 bits per heavy atom. The average molecular weight is 248 g/mol. The Morgan fingerprint density at radius 1 is 1.56 bits per heavy atom. The quantitative estimate of drug-likeness (QED) is 0.795. The highest BCUT2D eigenvalue weighted by Gasteiger charge is 2.27. The molecule has 1 atom stereocenters. The average Bonchev–Trinajstić information content (AvgIpc) is 2.80. The number of benzene rings is 1. The summed E-state index contributed by atoms with van der Waals surface area (Å²) in [5.74, 6) is 0.432. The molecule has 1 aliphatic rings. The maximum atomic E-state index is 12.4. The van der Waals surface area contributed by atoms with Crippen LogP contribution in [0.5, 0.6) is 0 Å². The van der Waals surface area contributed by atoms with Gasteiger partial charge in [-0.2, -0.15) is 0 Å². The number of rotatable bonds is 3. The van der Waals surface area contributed by atoms with Crippen molar-refractivity contribution in [1.29, 1.82) is 0 Å². The molecule has 3 N–H and O–H groups in total. The number of anilines is 1. The van der Waals surface area contributed by atoms with Crippen molar-refractivity contribution in [2.24, 2.45) is 5.92 Å². The molecule has 1 aliphatic heterocycles. The van der Waals surface area contributed by atoms with E-state index < -0.39 is 0 Å². The fraction of sp³-hybridized carbons (Fsp3) is 0.500. The van der Waals surface area contributed by atoms with Crippen molar-refractivity contribution in [2.75, 3.05) is 25.4 Å². The maximum Gasteiger partial charge on any atom is 0.255 e. The number of aliphatic hydroxyl groups is 1. The van der Waals surface area contributed by atoms with Gasteiger partial charge in [-0.1, -0.05) is 11.6 Å². The molecule has 18 heavy (non-hydrogen) atoms. The normalized spacial score (nSPS) is 19.2. The minimum Gasteiger partial charge on any atom is -0.398 e. The molecule has 0 aromatic heterocycles. The molecule has 98 valence electrons. The van der Waals surface area contributed by atoms with Crippen LogP contribution in [0.3, 0.4) is 0 Å². The molecule has 1 amide bonds. The number of aryl methyl sites for hydroxylation is 1. The van der Waals surface area contributed by atoms with Crippen LogP contribution in [0.15, 0.2) is 18.2 Å². The first kappa shape index (κ1) is 12.9. The van der Waals surface area contributed by atoms with E-state index in [0.29, 0.717) is 17.2 Å². The second-order valence-corrected chi connectivity index (χ2v) is 5.01. The highest BCUT2D eigenvalue weighted by molar-refractivity contribution is 5.99. The van der Waals surface area contributed by atoms with Gasteiger partial charge >= 0.3 is 0 Å². The zero-order valence-electron chi connectivity index (χ0n) is 10.7. The Hall–Kier alpha value is -1.55. The number of hydrogen-bond acceptors (Lipinski definition) is 3. The molecule has 0 bridgehead atoms. The smallest absolute Gasteiger partial charge is 0.255 e. The van der Waals surface area contributed by atoms with Crippen molar-refractivity contribution in [3.05, 3.63) is 29.3 Å².